The van der Waals surface area contributed by atoms with Gasteiger partial charge in [0, 0.05) is 19.2 Å². The Hall–Kier alpha value is -0.0151. The third kappa shape index (κ3) is 2.71. The molecule has 2 N–H and O–H groups in total. The molecular weight excluding hydrogens is 123 g/mol. The lowest BCUT2D eigenvalue weighted by molar-refractivity contribution is 0.663. The average Bonchev–Trinajstić information content (AvgIpc) is 2.12. The Kier molecular flexibility index (Phi) is 2.37. The molecule has 1 rings (SSSR count). The van der Waals surface area contributed by atoms with Crippen LogP contribution in [0.15, 0.2) is 0 Å². The molecule has 0 atom stereocenters. The van der Waals surface area contributed by atoms with Gasteiger partial charge in [-0.15, -0.1) is 0 Å². The van der Waals surface area contributed by atoms with Gasteiger partial charge in [-0.2, -0.15) is 0 Å². The SMILES string of the molecule is CC(C)(C)BC1NCCN1. The summed E-state index contributed by atoms with van der Waals surface area (Å²) >= 11 is 0. The summed E-state index contributed by atoms with van der Waals surface area (Å²) in [4.78, 5) is 0. The van der Waals surface area contributed by atoms with E-state index in [1.54, 1.807) is 0 Å². The Labute approximate surface area is 64.0 Å². The molecule has 1 heterocycles. The number of hydrogen-bond donors (Lipinski definition) is 2. The highest BCUT2D eigenvalue weighted by Crippen LogP contribution is 2.20. The van der Waals surface area contributed by atoms with Crippen molar-refractivity contribution < 1.29 is 0 Å². The summed E-state index contributed by atoms with van der Waals surface area (Å²) in [6.45, 7) is 9.07. The van der Waals surface area contributed by atoms with Crippen LogP contribution in [-0.2, 0) is 0 Å². The predicted molar refractivity (Wildman–Crippen MR) is 46.7 cm³/mol. The molecule has 10 heavy (non-hydrogen) atoms. The van der Waals surface area contributed by atoms with E-state index >= 15 is 0 Å². The fraction of sp³-hybridized carbons (Fsp3) is 1.00. The molecule has 0 aromatic heterocycles. The van der Waals surface area contributed by atoms with Gasteiger partial charge in [-0.3, -0.25) is 0 Å². The lowest BCUT2D eigenvalue weighted by atomic mass is 9.53. The fourth-order valence-electron chi connectivity index (χ4n) is 1.32. The van der Waals surface area contributed by atoms with Crippen molar-refractivity contribution in [1.82, 2.24) is 10.6 Å². The van der Waals surface area contributed by atoms with Crippen LogP contribution >= 0.6 is 0 Å². The highest BCUT2D eigenvalue weighted by molar-refractivity contribution is 6.41. The van der Waals surface area contributed by atoms with Gasteiger partial charge in [0.25, 0.3) is 0 Å². The van der Waals surface area contributed by atoms with Crippen molar-refractivity contribution >= 4 is 7.28 Å². The molecule has 0 saturated carbocycles. The zero-order valence-corrected chi connectivity index (χ0v) is 7.20. The molecule has 0 radical (unpaired) electrons. The van der Waals surface area contributed by atoms with Crippen molar-refractivity contribution in [2.45, 2.75) is 32.2 Å². The molecular formula is C7H17BN2. The summed E-state index contributed by atoms with van der Waals surface area (Å²) in [7, 11) is 1.22. The third-order valence-electron chi connectivity index (χ3n) is 1.72. The maximum absolute atomic E-state index is 3.40. The topological polar surface area (TPSA) is 24.1 Å². The van der Waals surface area contributed by atoms with Gasteiger partial charge in [-0.1, -0.05) is 26.1 Å². The summed E-state index contributed by atoms with van der Waals surface area (Å²) in [6, 6.07) is 0.556. The molecule has 0 spiro atoms. The summed E-state index contributed by atoms with van der Waals surface area (Å²) < 4.78 is 0. The van der Waals surface area contributed by atoms with Gasteiger partial charge in [0.1, 0.15) is 0 Å². The van der Waals surface area contributed by atoms with E-state index in [0.29, 0.717) is 11.4 Å². The van der Waals surface area contributed by atoms with E-state index in [1.165, 1.54) is 7.28 Å². The standard InChI is InChI=1S/C7H17BN2/c1-7(2,3)8-6-9-4-5-10-6/h6,8-10H,4-5H2,1-3H3. The Morgan fingerprint density at radius 2 is 1.70 bits per heavy atom. The second kappa shape index (κ2) is 2.93. The molecule has 58 valence electrons. The first-order valence-corrected chi connectivity index (χ1v) is 4.05. The Morgan fingerprint density at radius 3 is 2.10 bits per heavy atom. The minimum atomic E-state index is 0.439. The molecule has 1 aliphatic rings. The quantitative estimate of drug-likeness (QED) is 0.505. The van der Waals surface area contributed by atoms with E-state index in [9.17, 15) is 0 Å². The van der Waals surface area contributed by atoms with Crippen molar-refractivity contribution in [3.05, 3.63) is 0 Å². The molecule has 0 amide bonds. The smallest absolute Gasteiger partial charge is 0.166 e. The van der Waals surface area contributed by atoms with Crippen molar-refractivity contribution in [1.29, 1.82) is 0 Å². The Bertz CT molecular complexity index is 103. The Balaban J connectivity index is 2.24. The Morgan fingerprint density at radius 1 is 1.20 bits per heavy atom. The molecule has 0 bridgehead atoms. The van der Waals surface area contributed by atoms with Crippen LogP contribution in [-0.4, -0.2) is 26.4 Å². The van der Waals surface area contributed by atoms with Crippen LogP contribution in [0.25, 0.3) is 0 Å². The first-order chi connectivity index (χ1) is 4.58. The lowest BCUT2D eigenvalue weighted by Crippen LogP contribution is -2.40. The van der Waals surface area contributed by atoms with Crippen LogP contribution in [0.4, 0.5) is 0 Å². The normalized spacial score (nSPS) is 21.5. The van der Waals surface area contributed by atoms with Gasteiger partial charge in [-0.25, -0.2) is 0 Å². The molecule has 0 aromatic rings. The monoisotopic (exact) mass is 140 g/mol. The molecule has 3 heteroatoms. The minimum absolute atomic E-state index is 0.439. The van der Waals surface area contributed by atoms with Gasteiger partial charge in [-0.05, 0) is 0 Å². The van der Waals surface area contributed by atoms with Crippen LogP contribution in [0.1, 0.15) is 20.8 Å². The summed E-state index contributed by atoms with van der Waals surface area (Å²) in [5, 5.41) is 7.24. The molecule has 1 fully saturated rings. The van der Waals surface area contributed by atoms with Crippen LogP contribution < -0.4 is 10.6 Å². The summed E-state index contributed by atoms with van der Waals surface area (Å²) in [5.74, 6) is 0. The van der Waals surface area contributed by atoms with E-state index in [1.807, 2.05) is 0 Å². The van der Waals surface area contributed by atoms with Gasteiger partial charge in [0.05, 0.1) is 0 Å². The summed E-state index contributed by atoms with van der Waals surface area (Å²) in [6.07, 6.45) is 0. The van der Waals surface area contributed by atoms with Crippen LogP contribution in [0.3, 0.4) is 0 Å². The van der Waals surface area contributed by atoms with Gasteiger partial charge in [0.2, 0.25) is 0 Å². The minimum Gasteiger partial charge on any atom is -0.308 e. The average molecular weight is 140 g/mol. The molecule has 1 aliphatic heterocycles. The van der Waals surface area contributed by atoms with Crippen LogP contribution in [0.2, 0.25) is 5.31 Å². The number of hydrogen-bond acceptors (Lipinski definition) is 2. The third-order valence-corrected chi connectivity index (χ3v) is 1.72. The van der Waals surface area contributed by atoms with Crippen molar-refractivity contribution in [2.24, 2.45) is 0 Å². The van der Waals surface area contributed by atoms with Gasteiger partial charge >= 0.3 is 0 Å². The van der Waals surface area contributed by atoms with Crippen molar-refractivity contribution in [3.63, 3.8) is 0 Å². The molecule has 2 nitrogen and oxygen atoms in total. The molecule has 0 aliphatic carbocycles. The van der Waals surface area contributed by atoms with E-state index in [4.69, 9.17) is 0 Å². The van der Waals surface area contributed by atoms with Gasteiger partial charge < -0.3 is 10.6 Å². The second-order valence-electron chi connectivity index (χ2n) is 4.23. The maximum atomic E-state index is 3.40. The van der Waals surface area contributed by atoms with E-state index < -0.39 is 0 Å². The number of nitrogens with one attached hydrogen (secondary N) is 2. The predicted octanol–water partition coefficient (Wildman–Crippen LogP) is 0.118. The largest absolute Gasteiger partial charge is 0.308 e. The molecule has 0 unspecified atom stereocenters. The van der Waals surface area contributed by atoms with E-state index in [-0.39, 0.29) is 0 Å². The van der Waals surface area contributed by atoms with Crippen LogP contribution in [0, 0.1) is 0 Å². The lowest BCUT2D eigenvalue weighted by Gasteiger charge is -2.20. The highest BCUT2D eigenvalue weighted by Gasteiger charge is 2.22. The molecule has 1 saturated heterocycles. The summed E-state index contributed by atoms with van der Waals surface area (Å²) in [5.41, 5.74) is 0. The maximum Gasteiger partial charge on any atom is 0.166 e. The van der Waals surface area contributed by atoms with Crippen molar-refractivity contribution in [2.75, 3.05) is 13.1 Å². The fourth-order valence-corrected chi connectivity index (χ4v) is 1.32. The second-order valence-corrected chi connectivity index (χ2v) is 4.23. The zero-order valence-electron chi connectivity index (χ0n) is 7.20. The van der Waals surface area contributed by atoms with Crippen LogP contribution in [0.5, 0.6) is 0 Å². The van der Waals surface area contributed by atoms with E-state index in [2.05, 4.69) is 31.4 Å². The first-order valence-electron chi connectivity index (χ1n) is 4.05. The molecule has 0 aromatic carbocycles. The zero-order chi connectivity index (χ0) is 7.61. The van der Waals surface area contributed by atoms with Gasteiger partial charge in [0.15, 0.2) is 7.28 Å². The first kappa shape index (κ1) is 8.09. The highest BCUT2D eigenvalue weighted by atomic mass is 15.2. The van der Waals surface area contributed by atoms with Crippen molar-refractivity contribution in [3.8, 4) is 0 Å². The van der Waals surface area contributed by atoms with E-state index in [0.717, 1.165) is 13.1 Å². The number of rotatable bonds is 1.